The second-order valence-corrected chi connectivity index (χ2v) is 3.67. The molecule has 0 aromatic carbocycles. The maximum Gasteiger partial charge on any atom is 0.125 e. The molecule has 1 atom stereocenters. The van der Waals surface area contributed by atoms with Crippen LogP contribution in [-0.2, 0) is 4.79 Å². The minimum atomic E-state index is -0.0369. The van der Waals surface area contributed by atoms with Crippen molar-refractivity contribution < 1.29 is 4.79 Å². The first-order chi connectivity index (χ1) is 5.27. The zero-order valence-corrected chi connectivity index (χ0v) is 7.18. The average molecular weight is 152 g/mol. The Bertz CT molecular complexity index is 160. The smallest absolute Gasteiger partial charge is 0.125 e. The van der Waals surface area contributed by atoms with E-state index in [1.165, 1.54) is 0 Å². The van der Waals surface area contributed by atoms with E-state index in [1.54, 1.807) is 0 Å². The van der Waals surface area contributed by atoms with E-state index < -0.39 is 0 Å². The Hall–Kier alpha value is -0.590. The molecule has 62 valence electrons. The number of carbonyl (C=O) groups is 1. The van der Waals surface area contributed by atoms with E-state index in [-0.39, 0.29) is 5.41 Å². The van der Waals surface area contributed by atoms with Crippen LogP contribution < -0.4 is 0 Å². The van der Waals surface area contributed by atoms with Crippen molar-refractivity contribution in [1.29, 1.82) is 0 Å². The van der Waals surface area contributed by atoms with Crippen molar-refractivity contribution in [3.63, 3.8) is 0 Å². The van der Waals surface area contributed by atoms with Gasteiger partial charge in [-0.05, 0) is 32.1 Å². The van der Waals surface area contributed by atoms with Crippen LogP contribution >= 0.6 is 0 Å². The third-order valence-corrected chi connectivity index (χ3v) is 2.45. The van der Waals surface area contributed by atoms with Crippen molar-refractivity contribution >= 4 is 6.29 Å². The van der Waals surface area contributed by atoms with Gasteiger partial charge in [0.1, 0.15) is 6.29 Å². The quantitative estimate of drug-likeness (QED) is 0.417. The molecule has 0 spiro atoms. The van der Waals surface area contributed by atoms with Crippen molar-refractivity contribution in [1.82, 2.24) is 0 Å². The highest BCUT2D eigenvalue weighted by Crippen LogP contribution is 2.29. The van der Waals surface area contributed by atoms with Gasteiger partial charge in [0, 0.05) is 5.41 Å². The zero-order valence-electron chi connectivity index (χ0n) is 7.18. The Kier molecular flexibility index (Phi) is 2.86. The maximum atomic E-state index is 10.7. The summed E-state index contributed by atoms with van der Waals surface area (Å²) in [5.74, 6) is 0. The fourth-order valence-electron chi connectivity index (χ4n) is 1.52. The molecular formula is C10H16O. The standard InChI is InChI=1S/C10H16O/c1-10(9-11)7-5-3-2-4-6-8-10/h2-3,9H,4-8H2,1H3. The number of carbonyl (C=O) groups excluding carboxylic acids is 1. The number of rotatable bonds is 1. The highest BCUT2D eigenvalue weighted by molar-refractivity contribution is 5.58. The molecule has 0 aliphatic heterocycles. The number of allylic oxidation sites excluding steroid dienone is 2. The van der Waals surface area contributed by atoms with Gasteiger partial charge in [0.2, 0.25) is 0 Å². The minimum Gasteiger partial charge on any atom is -0.303 e. The Morgan fingerprint density at radius 1 is 1.27 bits per heavy atom. The lowest BCUT2D eigenvalue weighted by Crippen LogP contribution is -2.18. The minimum absolute atomic E-state index is 0.0369. The van der Waals surface area contributed by atoms with Gasteiger partial charge in [0.15, 0.2) is 0 Å². The third-order valence-electron chi connectivity index (χ3n) is 2.45. The molecule has 1 rings (SSSR count). The molecule has 1 aliphatic carbocycles. The van der Waals surface area contributed by atoms with Crippen molar-refractivity contribution in [3.05, 3.63) is 12.2 Å². The molecule has 0 heterocycles. The first kappa shape index (κ1) is 8.51. The predicted molar refractivity (Wildman–Crippen MR) is 46.4 cm³/mol. The molecule has 0 aromatic rings. The Morgan fingerprint density at radius 2 is 2.00 bits per heavy atom. The van der Waals surface area contributed by atoms with E-state index >= 15 is 0 Å². The summed E-state index contributed by atoms with van der Waals surface area (Å²) < 4.78 is 0. The van der Waals surface area contributed by atoms with Gasteiger partial charge >= 0.3 is 0 Å². The van der Waals surface area contributed by atoms with E-state index in [0.29, 0.717) is 0 Å². The third kappa shape index (κ3) is 2.49. The van der Waals surface area contributed by atoms with Gasteiger partial charge < -0.3 is 4.79 Å². The lowest BCUT2D eigenvalue weighted by Gasteiger charge is -2.23. The fraction of sp³-hybridized carbons (Fsp3) is 0.700. The van der Waals surface area contributed by atoms with Gasteiger partial charge in [-0.3, -0.25) is 0 Å². The Labute approximate surface area is 68.5 Å². The molecule has 0 N–H and O–H groups in total. The number of hydrogen-bond donors (Lipinski definition) is 0. The van der Waals surface area contributed by atoms with Gasteiger partial charge in [-0.15, -0.1) is 0 Å². The van der Waals surface area contributed by atoms with Crippen molar-refractivity contribution in [2.75, 3.05) is 0 Å². The average Bonchev–Trinajstić information content (AvgIpc) is 1.98. The highest BCUT2D eigenvalue weighted by atomic mass is 16.1. The van der Waals surface area contributed by atoms with E-state index in [1.807, 2.05) is 0 Å². The van der Waals surface area contributed by atoms with Gasteiger partial charge in [0.05, 0.1) is 0 Å². The van der Waals surface area contributed by atoms with Crippen LogP contribution in [0.15, 0.2) is 12.2 Å². The maximum absolute atomic E-state index is 10.7. The largest absolute Gasteiger partial charge is 0.303 e. The molecule has 0 aromatic heterocycles. The predicted octanol–water partition coefficient (Wildman–Crippen LogP) is 2.71. The lowest BCUT2D eigenvalue weighted by atomic mass is 9.81. The Balaban J connectivity index is 2.54. The summed E-state index contributed by atoms with van der Waals surface area (Å²) >= 11 is 0. The first-order valence-corrected chi connectivity index (χ1v) is 4.38. The summed E-state index contributed by atoms with van der Waals surface area (Å²) in [7, 11) is 0. The molecule has 0 bridgehead atoms. The molecule has 1 nitrogen and oxygen atoms in total. The van der Waals surface area contributed by atoms with Crippen LogP contribution in [0.3, 0.4) is 0 Å². The van der Waals surface area contributed by atoms with Crippen molar-refractivity contribution in [3.8, 4) is 0 Å². The molecule has 0 saturated heterocycles. The lowest BCUT2D eigenvalue weighted by molar-refractivity contribution is -0.116. The van der Waals surface area contributed by atoms with Crippen LogP contribution in [0, 0.1) is 5.41 Å². The van der Waals surface area contributed by atoms with E-state index in [4.69, 9.17) is 0 Å². The molecule has 0 radical (unpaired) electrons. The second kappa shape index (κ2) is 3.70. The number of aldehydes is 1. The van der Waals surface area contributed by atoms with Crippen molar-refractivity contribution in [2.24, 2.45) is 5.41 Å². The molecule has 0 amide bonds. The van der Waals surface area contributed by atoms with Gasteiger partial charge in [0.25, 0.3) is 0 Å². The molecule has 1 heteroatoms. The summed E-state index contributed by atoms with van der Waals surface area (Å²) in [5, 5.41) is 0. The summed E-state index contributed by atoms with van der Waals surface area (Å²) in [6.07, 6.45) is 11.0. The second-order valence-electron chi connectivity index (χ2n) is 3.67. The zero-order chi connectivity index (χ0) is 8.16. The topological polar surface area (TPSA) is 17.1 Å². The van der Waals surface area contributed by atoms with E-state index in [0.717, 1.165) is 38.4 Å². The van der Waals surface area contributed by atoms with Crippen LogP contribution in [0.25, 0.3) is 0 Å². The molecular weight excluding hydrogens is 136 g/mol. The van der Waals surface area contributed by atoms with Gasteiger partial charge in [-0.2, -0.15) is 0 Å². The summed E-state index contributed by atoms with van der Waals surface area (Å²) in [6, 6.07) is 0. The molecule has 1 unspecified atom stereocenters. The van der Waals surface area contributed by atoms with Crippen LogP contribution in [0.1, 0.15) is 39.0 Å². The summed E-state index contributed by atoms with van der Waals surface area (Å²) in [4.78, 5) is 10.7. The first-order valence-electron chi connectivity index (χ1n) is 4.38. The van der Waals surface area contributed by atoms with Crippen molar-refractivity contribution in [2.45, 2.75) is 39.0 Å². The molecule has 0 saturated carbocycles. The van der Waals surface area contributed by atoms with E-state index in [9.17, 15) is 4.79 Å². The monoisotopic (exact) mass is 152 g/mol. The van der Waals surface area contributed by atoms with Gasteiger partial charge in [-0.25, -0.2) is 0 Å². The number of hydrogen-bond acceptors (Lipinski definition) is 1. The van der Waals surface area contributed by atoms with Crippen LogP contribution in [0.2, 0.25) is 0 Å². The van der Waals surface area contributed by atoms with Crippen LogP contribution in [0.5, 0.6) is 0 Å². The van der Waals surface area contributed by atoms with Gasteiger partial charge in [-0.1, -0.05) is 19.1 Å². The van der Waals surface area contributed by atoms with Crippen LogP contribution in [-0.4, -0.2) is 6.29 Å². The summed E-state index contributed by atoms with van der Waals surface area (Å²) in [6.45, 7) is 2.07. The fourth-order valence-corrected chi connectivity index (χ4v) is 1.52. The SMILES string of the molecule is CC1(C=O)CCC=CCCC1. The summed E-state index contributed by atoms with van der Waals surface area (Å²) in [5.41, 5.74) is -0.0369. The molecule has 1 aliphatic rings. The van der Waals surface area contributed by atoms with E-state index in [2.05, 4.69) is 19.1 Å². The van der Waals surface area contributed by atoms with Crippen LogP contribution in [0.4, 0.5) is 0 Å². The normalized spacial score (nSPS) is 32.5. The molecule has 11 heavy (non-hydrogen) atoms. The molecule has 0 fully saturated rings. The Morgan fingerprint density at radius 3 is 2.73 bits per heavy atom. The highest BCUT2D eigenvalue weighted by Gasteiger charge is 2.22.